The van der Waals surface area contributed by atoms with Gasteiger partial charge in [-0.1, -0.05) is 0 Å². The smallest absolute Gasteiger partial charge is 0.181 e. The summed E-state index contributed by atoms with van der Waals surface area (Å²) >= 11 is 3.67. The van der Waals surface area contributed by atoms with Crippen LogP contribution in [-0.4, -0.2) is 12.4 Å². The van der Waals surface area contributed by atoms with Crippen molar-refractivity contribution in [1.29, 1.82) is 0 Å². The SMILES string of the molecule is CCOC1(OS)CC1. The molecule has 0 aliphatic heterocycles. The Kier molecular flexibility index (Phi) is 1.80. The zero-order valence-electron chi connectivity index (χ0n) is 4.89. The van der Waals surface area contributed by atoms with E-state index in [9.17, 15) is 0 Å². The average Bonchev–Trinajstić information content (AvgIpc) is 2.50. The zero-order chi connectivity index (χ0) is 6.04. The van der Waals surface area contributed by atoms with Crippen LogP contribution in [-0.2, 0) is 8.92 Å². The van der Waals surface area contributed by atoms with E-state index in [4.69, 9.17) is 8.92 Å². The fourth-order valence-electron chi connectivity index (χ4n) is 0.627. The number of ether oxygens (including phenoxy) is 1. The molecule has 1 aliphatic rings. The molecule has 0 heterocycles. The third-order valence-corrected chi connectivity index (χ3v) is 1.56. The summed E-state index contributed by atoms with van der Waals surface area (Å²) in [6.07, 6.45) is 1.98. The van der Waals surface area contributed by atoms with Crippen molar-refractivity contribution in [3.8, 4) is 0 Å². The minimum Gasteiger partial charge on any atom is -0.349 e. The Bertz CT molecular complexity index is 80.5. The van der Waals surface area contributed by atoms with E-state index in [1.54, 1.807) is 0 Å². The van der Waals surface area contributed by atoms with Crippen molar-refractivity contribution in [2.75, 3.05) is 6.61 Å². The van der Waals surface area contributed by atoms with Crippen LogP contribution in [0.25, 0.3) is 0 Å². The first kappa shape index (κ1) is 6.39. The Hall–Kier alpha value is 0.270. The van der Waals surface area contributed by atoms with Crippen molar-refractivity contribution in [2.45, 2.75) is 25.6 Å². The van der Waals surface area contributed by atoms with Gasteiger partial charge in [0.1, 0.15) is 0 Å². The summed E-state index contributed by atoms with van der Waals surface area (Å²) in [5.41, 5.74) is 0. The summed E-state index contributed by atoms with van der Waals surface area (Å²) in [7, 11) is 0. The third-order valence-electron chi connectivity index (χ3n) is 1.23. The molecule has 0 aromatic carbocycles. The van der Waals surface area contributed by atoms with Gasteiger partial charge in [0.25, 0.3) is 0 Å². The first-order valence-corrected chi connectivity index (χ1v) is 3.16. The first-order chi connectivity index (χ1) is 3.83. The topological polar surface area (TPSA) is 18.5 Å². The van der Waals surface area contributed by atoms with Gasteiger partial charge >= 0.3 is 0 Å². The Morgan fingerprint density at radius 1 is 1.62 bits per heavy atom. The van der Waals surface area contributed by atoms with Crippen molar-refractivity contribution in [1.82, 2.24) is 0 Å². The number of hydrogen-bond donors (Lipinski definition) is 1. The van der Waals surface area contributed by atoms with Crippen LogP contribution in [0.5, 0.6) is 0 Å². The minimum absolute atomic E-state index is 0.294. The second-order valence-electron chi connectivity index (χ2n) is 1.93. The molecule has 0 aromatic rings. The molecular formula is C5H10O2S. The van der Waals surface area contributed by atoms with E-state index in [1.165, 1.54) is 0 Å². The minimum atomic E-state index is -0.294. The lowest BCUT2D eigenvalue weighted by Gasteiger charge is -2.09. The Morgan fingerprint density at radius 2 is 2.25 bits per heavy atom. The predicted octanol–water partition coefficient (Wildman–Crippen LogP) is 1.37. The number of rotatable bonds is 3. The number of thiol groups is 1. The van der Waals surface area contributed by atoms with Gasteiger partial charge < -0.3 is 4.74 Å². The lowest BCUT2D eigenvalue weighted by atomic mass is 10.7. The molecule has 0 amide bonds. The first-order valence-electron chi connectivity index (χ1n) is 2.79. The van der Waals surface area contributed by atoms with Crippen LogP contribution in [0.3, 0.4) is 0 Å². The van der Waals surface area contributed by atoms with E-state index in [0.717, 1.165) is 12.8 Å². The van der Waals surface area contributed by atoms with Gasteiger partial charge in [-0.2, -0.15) is 0 Å². The Morgan fingerprint density at radius 3 is 2.38 bits per heavy atom. The quantitative estimate of drug-likeness (QED) is 0.357. The second kappa shape index (κ2) is 2.25. The van der Waals surface area contributed by atoms with E-state index < -0.39 is 0 Å². The molecule has 0 saturated heterocycles. The summed E-state index contributed by atoms with van der Waals surface area (Å²) in [4.78, 5) is 0. The highest BCUT2D eigenvalue weighted by molar-refractivity contribution is 7.75. The average molecular weight is 134 g/mol. The summed E-state index contributed by atoms with van der Waals surface area (Å²) < 4.78 is 9.95. The molecule has 0 radical (unpaired) electrons. The van der Waals surface area contributed by atoms with Gasteiger partial charge in [-0.15, -0.1) is 0 Å². The van der Waals surface area contributed by atoms with Crippen LogP contribution >= 0.6 is 12.9 Å². The molecule has 0 unspecified atom stereocenters. The lowest BCUT2D eigenvalue weighted by Crippen LogP contribution is -2.13. The van der Waals surface area contributed by atoms with Gasteiger partial charge in [0, 0.05) is 19.4 Å². The molecule has 3 heteroatoms. The van der Waals surface area contributed by atoms with E-state index >= 15 is 0 Å². The fourth-order valence-corrected chi connectivity index (χ4v) is 0.862. The molecule has 0 bridgehead atoms. The molecule has 48 valence electrons. The largest absolute Gasteiger partial charge is 0.349 e. The van der Waals surface area contributed by atoms with E-state index in [0.29, 0.717) is 6.61 Å². The van der Waals surface area contributed by atoms with E-state index in [-0.39, 0.29) is 5.79 Å². The molecule has 0 spiro atoms. The van der Waals surface area contributed by atoms with Crippen molar-refractivity contribution >= 4 is 12.9 Å². The maximum Gasteiger partial charge on any atom is 0.181 e. The number of hydrogen-bond acceptors (Lipinski definition) is 3. The summed E-state index contributed by atoms with van der Waals surface area (Å²) in [6.45, 7) is 2.66. The molecule has 1 fully saturated rings. The highest BCUT2D eigenvalue weighted by Gasteiger charge is 2.44. The maximum atomic E-state index is 5.19. The molecule has 2 nitrogen and oxygen atoms in total. The molecule has 1 aliphatic carbocycles. The van der Waals surface area contributed by atoms with Crippen LogP contribution < -0.4 is 0 Å². The molecule has 1 saturated carbocycles. The van der Waals surface area contributed by atoms with Crippen LogP contribution in [0.1, 0.15) is 19.8 Å². The van der Waals surface area contributed by atoms with Gasteiger partial charge in [0.2, 0.25) is 0 Å². The lowest BCUT2D eigenvalue weighted by molar-refractivity contribution is -0.0875. The molecular weight excluding hydrogens is 124 g/mol. The van der Waals surface area contributed by atoms with Crippen LogP contribution in [0.15, 0.2) is 0 Å². The summed E-state index contributed by atoms with van der Waals surface area (Å²) in [6, 6.07) is 0. The molecule has 0 N–H and O–H groups in total. The fraction of sp³-hybridized carbons (Fsp3) is 1.00. The zero-order valence-corrected chi connectivity index (χ0v) is 5.78. The van der Waals surface area contributed by atoms with Crippen molar-refractivity contribution in [3.63, 3.8) is 0 Å². The standard InChI is InChI=1S/C5H10O2S/c1-2-6-5(7-8)3-4-5/h8H,2-4H2,1H3. The normalized spacial score (nSPS) is 23.2. The van der Waals surface area contributed by atoms with E-state index in [1.807, 2.05) is 6.92 Å². The Balaban J connectivity index is 2.20. The van der Waals surface area contributed by atoms with E-state index in [2.05, 4.69) is 12.9 Å². The summed E-state index contributed by atoms with van der Waals surface area (Å²) in [5, 5.41) is 0. The molecule has 1 rings (SSSR count). The highest BCUT2D eigenvalue weighted by Crippen LogP contribution is 2.41. The second-order valence-corrected chi connectivity index (χ2v) is 2.12. The van der Waals surface area contributed by atoms with Crippen LogP contribution in [0, 0.1) is 0 Å². The molecule has 0 atom stereocenters. The van der Waals surface area contributed by atoms with Gasteiger partial charge in [0.05, 0.1) is 0 Å². The van der Waals surface area contributed by atoms with Gasteiger partial charge in [-0.05, 0) is 19.8 Å². The Labute approximate surface area is 54.8 Å². The predicted molar refractivity (Wildman–Crippen MR) is 33.7 cm³/mol. The van der Waals surface area contributed by atoms with Crippen LogP contribution in [0.4, 0.5) is 0 Å². The summed E-state index contributed by atoms with van der Waals surface area (Å²) in [5.74, 6) is -0.294. The third kappa shape index (κ3) is 1.16. The van der Waals surface area contributed by atoms with Gasteiger partial charge in [-0.25, -0.2) is 0 Å². The van der Waals surface area contributed by atoms with Crippen molar-refractivity contribution < 1.29 is 8.92 Å². The van der Waals surface area contributed by atoms with Crippen molar-refractivity contribution in [2.24, 2.45) is 0 Å². The van der Waals surface area contributed by atoms with Crippen molar-refractivity contribution in [3.05, 3.63) is 0 Å². The highest BCUT2D eigenvalue weighted by atomic mass is 32.1. The van der Waals surface area contributed by atoms with Crippen LogP contribution in [0.2, 0.25) is 0 Å². The monoisotopic (exact) mass is 134 g/mol. The molecule has 0 aromatic heterocycles. The molecule has 8 heavy (non-hydrogen) atoms. The van der Waals surface area contributed by atoms with Gasteiger partial charge in [0.15, 0.2) is 5.79 Å². The van der Waals surface area contributed by atoms with Gasteiger partial charge in [-0.3, -0.25) is 4.18 Å². The maximum absolute atomic E-state index is 5.19.